The number of hydrogen-bond donors (Lipinski definition) is 3. The lowest BCUT2D eigenvalue weighted by molar-refractivity contribution is -0.125. The third-order valence-corrected chi connectivity index (χ3v) is 2.82. The molecular formula is C8H12N2O4. The highest BCUT2D eigenvalue weighted by Crippen LogP contribution is 2.27. The largest absolute Gasteiger partial charge is 0.465 e. The van der Waals surface area contributed by atoms with Gasteiger partial charge in [-0.25, -0.2) is 4.79 Å². The number of fused-ring (bicyclic) bond motifs is 1. The number of aliphatic hydroxyl groups is 1. The fraction of sp³-hybridized carbons (Fsp3) is 0.750. The standard InChI is InChI=1S/C8H12N2O4/c11-5-1-4-2-9-7(12)6(4)10(3-5)8(13)14/h4-6,11H,1-3H2,(H,9,12)(H,13,14)/t4-,5+,6-/m0/s1. The summed E-state index contributed by atoms with van der Waals surface area (Å²) in [6.07, 6.45) is -1.30. The van der Waals surface area contributed by atoms with Crippen LogP contribution in [-0.4, -0.2) is 52.3 Å². The van der Waals surface area contributed by atoms with Crippen molar-refractivity contribution in [2.75, 3.05) is 13.1 Å². The van der Waals surface area contributed by atoms with Crippen molar-refractivity contribution in [2.24, 2.45) is 5.92 Å². The molecule has 0 radical (unpaired) electrons. The molecule has 78 valence electrons. The van der Waals surface area contributed by atoms with Gasteiger partial charge in [-0.05, 0) is 6.42 Å². The van der Waals surface area contributed by atoms with E-state index in [1.807, 2.05) is 0 Å². The molecule has 0 bridgehead atoms. The molecule has 2 aliphatic heterocycles. The zero-order valence-corrected chi connectivity index (χ0v) is 7.51. The highest BCUT2D eigenvalue weighted by molar-refractivity contribution is 5.87. The van der Waals surface area contributed by atoms with E-state index in [0.29, 0.717) is 13.0 Å². The number of aliphatic hydroxyl groups excluding tert-OH is 1. The zero-order chi connectivity index (χ0) is 10.3. The van der Waals surface area contributed by atoms with Crippen molar-refractivity contribution in [3.8, 4) is 0 Å². The first-order valence-electron chi connectivity index (χ1n) is 4.55. The van der Waals surface area contributed by atoms with Crippen molar-refractivity contribution < 1.29 is 19.8 Å². The lowest BCUT2D eigenvalue weighted by Crippen LogP contribution is -2.54. The Balaban J connectivity index is 2.22. The van der Waals surface area contributed by atoms with Crippen LogP contribution in [0.2, 0.25) is 0 Å². The second-order valence-electron chi connectivity index (χ2n) is 3.77. The van der Waals surface area contributed by atoms with E-state index in [1.54, 1.807) is 0 Å². The summed E-state index contributed by atoms with van der Waals surface area (Å²) in [5.41, 5.74) is 0. The van der Waals surface area contributed by atoms with Gasteiger partial charge >= 0.3 is 6.09 Å². The molecule has 3 N–H and O–H groups in total. The molecule has 0 aliphatic carbocycles. The Kier molecular flexibility index (Phi) is 2.07. The maximum atomic E-state index is 11.3. The van der Waals surface area contributed by atoms with Crippen LogP contribution in [0.4, 0.5) is 4.79 Å². The first kappa shape index (κ1) is 9.26. The molecule has 0 aromatic rings. The van der Waals surface area contributed by atoms with Gasteiger partial charge in [-0.3, -0.25) is 9.69 Å². The highest BCUT2D eigenvalue weighted by atomic mass is 16.4. The second kappa shape index (κ2) is 3.13. The number of carboxylic acid groups (broad SMARTS) is 1. The van der Waals surface area contributed by atoms with E-state index in [2.05, 4.69) is 5.32 Å². The summed E-state index contributed by atoms with van der Waals surface area (Å²) in [4.78, 5) is 23.2. The van der Waals surface area contributed by atoms with Crippen LogP contribution in [0.15, 0.2) is 0 Å². The van der Waals surface area contributed by atoms with Crippen LogP contribution in [-0.2, 0) is 4.79 Å². The summed E-state index contributed by atoms with van der Waals surface area (Å²) in [6.45, 7) is 0.494. The van der Waals surface area contributed by atoms with E-state index in [9.17, 15) is 14.7 Å². The number of likely N-dealkylation sites (tertiary alicyclic amines) is 1. The number of nitrogens with zero attached hydrogens (tertiary/aromatic N) is 1. The molecule has 2 amide bonds. The van der Waals surface area contributed by atoms with Gasteiger partial charge in [0.25, 0.3) is 0 Å². The minimum atomic E-state index is -1.14. The van der Waals surface area contributed by atoms with Gasteiger partial charge in [-0.15, -0.1) is 0 Å². The van der Waals surface area contributed by atoms with E-state index in [1.165, 1.54) is 0 Å². The zero-order valence-electron chi connectivity index (χ0n) is 7.51. The fourth-order valence-electron chi connectivity index (χ4n) is 2.23. The maximum absolute atomic E-state index is 11.3. The van der Waals surface area contributed by atoms with Crippen molar-refractivity contribution in [3.63, 3.8) is 0 Å². The molecule has 0 unspecified atom stereocenters. The summed E-state index contributed by atoms with van der Waals surface area (Å²) in [5.74, 6) is -0.327. The Morgan fingerprint density at radius 3 is 2.93 bits per heavy atom. The van der Waals surface area contributed by atoms with E-state index in [0.717, 1.165) is 4.90 Å². The molecule has 6 nitrogen and oxygen atoms in total. The molecule has 2 rings (SSSR count). The van der Waals surface area contributed by atoms with E-state index in [-0.39, 0.29) is 18.4 Å². The van der Waals surface area contributed by atoms with E-state index < -0.39 is 18.2 Å². The Labute approximate surface area is 80.5 Å². The SMILES string of the molecule is O=C1NC[C@@H]2C[C@@H](O)CN(C(=O)O)[C@H]12. The number of carbonyl (C=O) groups excluding carboxylic acids is 1. The molecule has 2 fully saturated rings. The van der Waals surface area contributed by atoms with Crippen molar-refractivity contribution in [2.45, 2.75) is 18.6 Å². The maximum Gasteiger partial charge on any atom is 0.408 e. The van der Waals surface area contributed by atoms with Crippen LogP contribution in [0.5, 0.6) is 0 Å². The van der Waals surface area contributed by atoms with Crippen LogP contribution in [0, 0.1) is 5.92 Å². The molecule has 0 spiro atoms. The van der Waals surface area contributed by atoms with Gasteiger partial charge in [0.2, 0.25) is 5.91 Å². The molecule has 2 saturated heterocycles. The van der Waals surface area contributed by atoms with Crippen LogP contribution in [0.3, 0.4) is 0 Å². The number of rotatable bonds is 0. The average Bonchev–Trinajstić information content (AvgIpc) is 2.46. The fourth-order valence-corrected chi connectivity index (χ4v) is 2.23. The van der Waals surface area contributed by atoms with Crippen LogP contribution >= 0.6 is 0 Å². The summed E-state index contributed by atoms with van der Waals surface area (Å²) in [7, 11) is 0. The van der Waals surface area contributed by atoms with Gasteiger partial charge in [0.1, 0.15) is 6.04 Å². The van der Waals surface area contributed by atoms with Gasteiger partial charge in [0.05, 0.1) is 12.6 Å². The number of nitrogens with one attached hydrogen (secondary N) is 1. The molecule has 0 aromatic carbocycles. The molecule has 6 heteroatoms. The topological polar surface area (TPSA) is 89.9 Å². The van der Waals surface area contributed by atoms with Crippen molar-refractivity contribution in [3.05, 3.63) is 0 Å². The van der Waals surface area contributed by atoms with Gasteiger partial charge < -0.3 is 15.5 Å². The lowest BCUT2D eigenvalue weighted by atomic mass is 9.90. The van der Waals surface area contributed by atoms with Crippen LogP contribution in [0.1, 0.15) is 6.42 Å². The quantitative estimate of drug-likeness (QED) is 0.460. The molecule has 0 aromatic heterocycles. The monoisotopic (exact) mass is 200 g/mol. The van der Waals surface area contributed by atoms with E-state index in [4.69, 9.17) is 5.11 Å². The molecule has 2 heterocycles. The second-order valence-corrected chi connectivity index (χ2v) is 3.77. The Morgan fingerprint density at radius 2 is 2.29 bits per heavy atom. The number of hydrogen-bond acceptors (Lipinski definition) is 3. The Morgan fingerprint density at radius 1 is 1.57 bits per heavy atom. The predicted octanol–water partition coefficient (Wildman–Crippen LogP) is -1.15. The summed E-state index contributed by atoms with van der Waals surface area (Å²) in [6, 6.07) is -0.601. The smallest absolute Gasteiger partial charge is 0.408 e. The van der Waals surface area contributed by atoms with Gasteiger partial charge in [-0.2, -0.15) is 0 Å². The van der Waals surface area contributed by atoms with Crippen molar-refractivity contribution in [1.82, 2.24) is 10.2 Å². The van der Waals surface area contributed by atoms with Gasteiger partial charge in [0.15, 0.2) is 0 Å². The van der Waals surface area contributed by atoms with Crippen molar-refractivity contribution in [1.29, 1.82) is 0 Å². The minimum absolute atomic E-state index is 0.0317. The highest BCUT2D eigenvalue weighted by Gasteiger charge is 2.45. The van der Waals surface area contributed by atoms with Crippen LogP contribution < -0.4 is 5.32 Å². The van der Waals surface area contributed by atoms with E-state index >= 15 is 0 Å². The first-order chi connectivity index (χ1) is 6.59. The normalized spacial score (nSPS) is 36.5. The molecule has 3 atom stereocenters. The van der Waals surface area contributed by atoms with Crippen molar-refractivity contribution >= 4 is 12.0 Å². The summed E-state index contributed by atoms with van der Waals surface area (Å²) in [5, 5.41) is 20.9. The first-order valence-corrected chi connectivity index (χ1v) is 4.55. The number of carbonyl (C=O) groups is 2. The third-order valence-electron chi connectivity index (χ3n) is 2.82. The predicted molar refractivity (Wildman–Crippen MR) is 45.6 cm³/mol. The molecule has 0 saturated carbocycles. The van der Waals surface area contributed by atoms with Crippen LogP contribution in [0.25, 0.3) is 0 Å². The molecule has 2 aliphatic rings. The number of amides is 2. The Hall–Kier alpha value is -1.30. The lowest BCUT2D eigenvalue weighted by Gasteiger charge is -2.35. The summed E-state index contributed by atoms with van der Waals surface area (Å²) >= 11 is 0. The average molecular weight is 200 g/mol. The summed E-state index contributed by atoms with van der Waals surface area (Å²) < 4.78 is 0. The van der Waals surface area contributed by atoms with Gasteiger partial charge in [-0.1, -0.05) is 0 Å². The Bertz CT molecular complexity index is 281. The van der Waals surface area contributed by atoms with Gasteiger partial charge in [0, 0.05) is 12.5 Å². The molecule has 14 heavy (non-hydrogen) atoms. The number of β-amino-alcohol motifs (C(OH)–C–C–N with tert-alkyl or cyclic N) is 1. The number of piperidine rings is 1. The third kappa shape index (κ3) is 1.31. The minimum Gasteiger partial charge on any atom is -0.465 e. The molecular weight excluding hydrogens is 188 g/mol.